The van der Waals surface area contributed by atoms with E-state index in [9.17, 15) is 9.50 Å². The van der Waals surface area contributed by atoms with E-state index in [1.807, 2.05) is 0 Å². The van der Waals surface area contributed by atoms with Crippen molar-refractivity contribution in [2.24, 2.45) is 0 Å². The van der Waals surface area contributed by atoms with Gasteiger partial charge in [0.25, 0.3) is 0 Å². The standard InChI is InChI=1S/C14H21FO/c1-2-3-4-5-6-13(11-16)12-7-9-14(15)10-8-12/h7-10,13,16H,2-6,11H2,1H3. The van der Waals surface area contributed by atoms with Crippen molar-refractivity contribution in [3.63, 3.8) is 0 Å². The van der Waals surface area contributed by atoms with Crippen LogP contribution < -0.4 is 0 Å². The highest BCUT2D eigenvalue weighted by Gasteiger charge is 2.09. The van der Waals surface area contributed by atoms with Crippen LogP contribution >= 0.6 is 0 Å². The molecule has 1 atom stereocenters. The minimum atomic E-state index is -0.216. The summed E-state index contributed by atoms with van der Waals surface area (Å²) in [5, 5.41) is 9.31. The minimum absolute atomic E-state index is 0.151. The van der Waals surface area contributed by atoms with Gasteiger partial charge in [-0.2, -0.15) is 0 Å². The lowest BCUT2D eigenvalue weighted by Crippen LogP contribution is -2.04. The Morgan fingerprint density at radius 3 is 2.38 bits per heavy atom. The number of benzene rings is 1. The van der Waals surface area contributed by atoms with Crippen LogP contribution in [0.5, 0.6) is 0 Å². The first-order chi connectivity index (χ1) is 7.77. The molecule has 0 saturated carbocycles. The molecule has 0 aliphatic carbocycles. The first-order valence-corrected chi connectivity index (χ1v) is 6.14. The Hall–Kier alpha value is -0.890. The minimum Gasteiger partial charge on any atom is -0.396 e. The summed E-state index contributed by atoms with van der Waals surface area (Å²) in [5.41, 5.74) is 1.04. The number of aliphatic hydroxyl groups is 1. The van der Waals surface area contributed by atoms with Crippen LogP contribution in [0.1, 0.15) is 50.5 Å². The van der Waals surface area contributed by atoms with Crippen molar-refractivity contribution in [3.05, 3.63) is 35.6 Å². The van der Waals surface area contributed by atoms with Crippen LogP contribution in [0.25, 0.3) is 0 Å². The van der Waals surface area contributed by atoms with E-state index in [1.165, 1.54) is 31.4 Å². The average molecular weight is 224 g/mol. The summed E-state index contributed by atoms with van der Waals surface area (Å²) < 4.78 is 12.7. The summed E-state index contributed by atoms with van der Waals surface area (Å²) in [4.78, 5) is 0. The summed E-state index contributed by atoms with van der Waals surface area (Å²) in [6, 6.07) is 6.47. The molecule has 1 aromatic carbocycles. The van der Waals surface area contributed by atoms with E-state index >= 15 is 0 Å². The molecule has 0 aliphatic rings. The lowest BCUT2D eigenvalue weighted by Gasteiger charge is -2.14. The van der Waals surface area contributed by atoms with E-state index in [0.717, 1.165) is 18.4 Å². The van der Waals surface area contributed by atoms with E-state index in [0.29, 0.717) is 0 Å². The Kier molecular flexibility index (Phi) is 6.09. The first kappa shape index (κ1) is 13.2. The second kappa shape index (κ2) is 7.39. The fourth-order valence-electron chi connectivity index (χ4n) is 1.92. The van der Waals surface area contributed by atoms with Crippen molar-refractivity contribution < 1.29 is 9.50 Å². The van der Waals surface area contributed by atoms with Gasteiger partial charge in [0, 0.05) is 12.5 Å². The zero-order valence-electron chi connectivity index (χ0n) is 9.95. The molecule has 0 fully saturated rings. The molecule has 1 nitrogen and oxygen atoms in total. The molecule has 0 aromatic heterocycles. The fraction of sp³-hybridized carbons (Fsp3) is 0.571. The highest BCUT2D eigenvalue weighted by atomic mass is 19.1. The van der Waals surface area contributed by atoms with E-state index in [-0.39, 0.29) is 18.3 Å². The number of hydrogen-bond acceptors (Lipinski definition) is 1. The predicted octanol–water partition coefficient (Wildman–Crippen LogP) is 3.87. The number of unbranched alkanes of at least 4 members (excludes halogenated alkanes) is 3. The second-order valence-electron chi connectivity index (χ2n) is 4.28. The molecule has 1 aromatic rings. The molecule has 0 heterocycles. The molecule has 1 N–H and O–H groups in total. The van der Waals surface area contributed by atoms with Crippen LogP contribution in [0.15, 0.2) is 24.3 Å². The largest absolute Gasteiger partial charge is 0.396 e. The molecule has 1 rings (SSSR count). The Bertz CT molecular complexity index is 281. The molecular formula is C14H21FO. The molecule has 0 aliphatic heterocycles. The van der Waals surface area contributed by atoms with Gasteiger partial charge >= 0.3 is 0 Å². The molecule has 0 radical (unpaired) electrons. The number of aliphatic hydroxyl groups excluding tert-OH is 1. The quantitative estimate of drug-likeness (QED) is 0.697. The second-order valence-corrected chi connectivity index (χ2v) is 4.28. The van der Waals surface area contributed by atoms with Crippen molar-refractivity contribution >= 4 is 0 Å². The van der Waals surface area contributed by atoms with Crippen molar-refractivity contribution in [2.75, 3.05) is 6.61 Å². The van der Waals surface area contributed by atoms with Gasteiger partial charge in [-0.05, 0) is 24.1 Å². The van der Waals surface area contributed by atoms with Gasteiger partial charge < -0.3 is 5.11 Å². The summed E-state index contributed by atoms with van der Waals surface area (Å²) >= 11 is 0. The van der Waals surface area contributed by atoms with Gasteiger partial charge in [-0.15, -0.1) is 0 Å². The van der Waals surface area contributed by atoms with E-state index < -0.39 is 0 Å². The topological polar surface area (TPSA) is 20.2 Å². The normalized spacial score (nSPS) is 12.7. The number of halogens is 1. The van der Waals surface area contributed by atoms with Crippen LogP contribution in [-0.2, 0) is 0 Å². The van der Waals surface area contributed by atoms with E-state index in [4.69, 9.17) is 0 Å². The van der Waals surface area contributed by atoms with Gasteiger partial charge in [0.1, 0.15) is 5.82 Å². The number of rotatable bonds is 7. The van der Waals surface area contributed by atoms with Crippen molar-refractivity contribution in [3.8, 4) is 0 Å². The summed E-state index contributed by atoms with van der Waals surface area (Å²) in [5.74, 6) is -0.0520. The lowest BCUT2D eigenvalue weighted by molar-refractivity contribution is 0.256. The zero-order valence-corrected chi connectivity index (χ0v) is 9.95. The summed E-state index contributed by atoms with van der Waals surface area (Å²) in [6.07, 6.45) is 5.81. The molecule has 0 amide bonds. The van der Waals surface area contributed by atoms with Crippen LogP contribution in [0.2, 0.25) is 0 Å². The molecule has 0 saturated heterocycles. The van der Waals surface area contributed by atoms with Crippen LogP contribution in [0.4, 0.5) is 4.39 Å². The molecule has 1 unspecified atom stereocenters. The van der Waals surface area contributed by atoms with Gasteiger partial charge in [0.2, 0.25) is 0 Å². The maximum atomic E-state index is 12.7. The monoisotopic (exact) mass is 224 g/mol. The molecule has 16 heavy (non-hydrogen) atoms. The molecular weight excluding hydrogens is 203 g/mol. The van der Waals surface area contributed by atoms with Crippen molar-refractivity contribution in [1.82, 2.24) is 0 Å². The SMILES string of the molecule is CCCCCCC(CO)c1ccc(F)cc1. The third kappa shape index (κ3) is 4.31. The Morgan fingerprint density at radius 1 is 1.12 bits per heavy atom. The van der Waals surface area contributed by atoms with Crippen LogP contribution in [-0.4, -0.2) is 11.7 Å². The van der Waals surface area contributed by atoms with E-state index in [1.54, 1.807) is 12.1 Å². The van der Waals surface area contributed by atoms with Crippen LogP contribution in [0, 0.1) is 5.82 Å². The zero-order chi connectivity index (χ0) is 11.8. The highest BCUT2D eigenvalue weighted by Crippen LogP contribution is 2.22. The van der Waals surface area contributed by atoms with Gasteiger partial charge in [-0.25, -0.2) is 4.39 Å². The third-order valence-electron chi connectivity index (χ3n) is 2.97. The average Bonchev–Trinajstić information content (AvgIpc) is 2.31. The smallest absolute Gasteiger partial charge is 0.123 e. The fourth-order valence-corrected chi connectivity index (χ4v) is 1.92. The van der Waals surface area contributed by atoms with Gasteiger partial charge in [-0.1, -0.05) is 44.7 Å². The number of hydrogen-bond donors (Lipinski definition) is 1. The molecule has 2 heteroatoms. The van der Waals surface area contributed by atoms with Gasteiger partial charge in [0.15, 0.2) is 0 Å². The molecule has 0 spiro atoms. The summed E-state index contributed by atoms with van der Waals surface area (Å²) in [7, 11) is 0. The Morgan fingerprint density at radius 2 is 1.81 bits per heavy atom. The van der Waals surface area contributed by atoms with Crippen molar-refractivity contribution in [1.29, 1.82) is 0 Å². The van der Waals surface area contributed by atoms with Crippen LogP contribution in [0.3, 0.4) is 0 Å². The third-order valence-corrected chi connectivity index (χ3v) is 2.97. The molecule has 0 bridgehead atoms. The molecule has 90 valence electrons. The maximum Gasteiger partial charge on any atom is 0.123 e. The van der Waals surface area contributed by atoms with Crippen molar-refractivity contribution in [2.45, 2.75) is 44.9 Å². The van der Waals surface area contributed by atoms with E-state index in [2.05, 4.69) is 6.92 Å². The maximum absolute atomic E-state index is 12.7. The first-order valence-electron chi connectivity index (χ1n) is 6.14. The van der Waals surface area contributed by atoms with Gasteiger partial charge in [-0.3, -0.25) is 0 Å². The van der Waals surface area contributed by atoms with Gasteiger partial charge in [0.05, 0.1) is 0 Å². The predicted molar refractivity (Wildman–Crippen MR) is 65.0 cm³/mol. The Labute approximate surface area is 97.3 Å². The summed E-state index contributed by atoms with van der Waals surface area (Å²) in [6.45, 7) is 2.33. The Balaban J connectivity index is 2.44. The highest BCUT2D eigenvalue weighted by molar-refractivity contribution is 5.20. The lowest BCUT2D eigenvalue weighted by atomic mass is 9.94.